The third kappa shape index (κ3) is 4.53. The molecule has 0 heterocycles. The molecule has 0 saturated carbocycles. The maximum atomic E-state index is 11.1. The van der Waals surface area contributed by atoms with Crippen LogP contribution in [-0.2, 0) is 6.54 Å². The van der Waals surface area contributed by atoms with E-state index in [2.05, 4.69) is 5.32 Å². The monoisotopic (exact) mass is 330 g/mol. The second-order valence-electron chi connectivity index (χ2n) is 5.59. The van der Waals surface area contributed by atoms with Gasteiger partial charge in [0, 0.05) is 29.8 Å². The highest BCUT2D eigenvalue weighted by molar-refractivity contribution is 5.43. The summed E-state index contributed by atoms with van der Waals surface area (Å²) >= 11 is 0. The van der Waals surface area contributed by atoms with Gasteiger partial charge in [0.25, 0.3) is 5.69 Å². The minimum Gasteiger partial charge on any atom is -0.491 e. The lowest BCUT2D eigenvalue weighted by Crippen LogP contribution is -2.19. The van der Waals surface area contributed by atoms with E-state index in [0.29, 0.717) is 12.1 Å². The van der Waals surface area contributed by atoms with Crippen LogP contribution in [-0.4, -0.2) is 23.2 Å². The van der Waals surface area contributed by atoms with Crippen molar-refractivity contribution in [2.45, 2.75) is 26.4 Å². The Hall–Kier alpha value is -2.44. The third-order valence-electron chi connectivity index (χ3n) is 3.85. The van der Waals surface area contributed by atoms with Crippen molar-refractivity contribution >= 4 is 5.69 Å². The van der Waals surface area contributed by atoms with Gasteiger partial charge < -0.3 is 15.2 Å². The molecular weight excluding hydrogens is 308 g/mol. The minimum atomic E-state index is -0.358. The lowest BCUT2D eigenvalue weighted by atomic mass is 10.0. The Bertz CT molecular complexity index is 703. The van der Waals surface area contributed by atoms with Gasteiger partial charge in [-0.2, -0.15) is 0 Å². The number of benzene rings is 2. The van der Waals surface area contributed by atoms with E-state index in [1.54, 1.807) is 19.1 Å². The van der Waals surface area contributed by atoms with Crippen LogP contribution in [0, 0.1) is 17.0 Å². The molecule has 6 nitrogen and oxygen atoms in total. The molecular formula is C18H22N2O4. The first kappa shape index (κ1) is 17.9. The summed E-state index contributed by atoms with van der Waals surface area (Å²) in [6, 6.07) is 12.8. The molecule has 2 aromatic rings. The molecule has 2 rings (SSSR count). The number of nitrogens with zero attached hydrogens (tertiary/aromatic N) is 1. The number of nitro groups is 1. The second kappa shape index (κ2) is 8.42. The molecule has 0 aliphatic rings. The number of hydrogen-bond donors (Lipinski definition) is 2. The van der Waals surface area contributed by atoms with Crippen molar-refractivity contribution in [2.24, 2.45) is 0 Å². The average Bonchev–Trinajstić information content (AvgIpc) is 2.58. The van der Waals surface area contributed by atoms with Crippen molar-refractivity contribution in [3.63, 3.8) is 0 Å². The van der Waals surface area contributed by atoms with Gasteiger partial charge in [-0.1, -0.05) is 30.3 Å². The molecule has 1 atom stereocenters. The van der Waals surface area contributed by atoms with Crippen LogP contribution in [0.4, 0.5) is 5.69 Å². The summed E-state index contributed by atoms with van der Waals surface area (Å²) in [5, 5.41) is 23.3. The SMILES string of the molecule is Cc1ccc(C(C)NCc2ccccc2OCCO)cc1[N+](=O)[O-]. The van der Waals surface area contributed by atoms with E-state index in [4.69, 9.17) is 9.84 Å². The zero-order valence-electron chi connectivity index (χ0n) is 13.9. The Morgan fingerprint density at radius 2 is 2.04 bits per heavy atom. The topological polar surface area (TPSA) is 84.6 Å². The zero-order valence-corrected chi connectivity index (χ0v) is 13.9. The summed E-state index contributed by atoms with van der Waals surface area (Å²) in [6.45, 7) is 4.46. The molecule has 1 unspecified atom stereocenters. The maximum Gasteiger partial charge on any atom is 0.272 e. The normalized spacial score (nSPS) is 12.0. The fraction of sp³-hybridized carbons (Fsp3) is 0.333. The van der Waals surface area contributed by atoms with Gasteiger partial charge in [0.15, 0.2) is 0 Å². The number of aliphatic hydroxyl groups is 1. The number of para-hydroxylation sites is 1. The lowest BCUT2D eigenvalue weighted by molar-refractivity contribution is -0.385. The molecule has 0 saturated heterocycles. The number of ether oxygens (including phenoxy) is 1. The van der Waals surface area contributed by atoms with Gasteiger partial charge >= 0.3 is 0 Å². The molecule has 0 amide bonds. The predicted octanol–water partition coefficient (Wildman–Crippen LogP) is 3.13. The first-order valence-corrected chi connectivity index (χ1v) is 7.82. The van der Waals surface area contributed by atoms with Crippen LogP contribution in [0.5, 0.6) is 5.75 Å². The number of hydrogen-bond acceptors (Lipinski definition) is 5. The van der Waals surface area contributed by atoms with Crippen LogP contribution in [0.15, 0.2) is 42.5 Å². The second-order valence-corrected chi connectivity index (χ2v) is 5.59. The van der Waals surface area contributed by atoms with E-state index in [1.165, 1.54) is 0 Å². The molecule has 128 valence electrons. The highest BCUT2D eigenvalue weighted by Gasteiger charge is 2.14. The fourth-order valence-electron chi connectivity index (χ4n) is 2.42. The summed E-state index contributed by atoms with van der Waals surface area (Å²) in [4.78, 5) is 10.7. The van der Waals surface area contributed by atoms with Gasteiger partial charge in [0.1, 0.15) is 12.4 Å². The van der Waals surface area contributed by atoms with Crippen LogP contribution >= 0.6 is 0 Å². The Morgan fingerprint density at radius 1 is 1.29 bits per heavy atom. The lowest BCUT2D eigenvalue weighted by Gasteiger charge is -2.16. The van der Waals surface area contributed by atoms with Crippen molar-refractivity contribution in [3.8, 4) is 5.75 Å². The van der Waals surface area contributed by atoms with Crippen LogP contribution in [0.25, 0.3) is 0 Å². The van der Waals surface area contributed by atoms with Crippen LogP contribution in [0.3, 0.4) is 0 Å². The molecule has 0 spiro atoms. The largest absolute Gasteiger partial charge is 0.491 e. The van der Waals surface area contributed by atoms with Gasteiger partial charge in [-0.15, -0.1) is 0 Å². The summed E-state index contributed by atoms with van der Waals surface area (Å²) in [5.41, 5.74) is 2.62. The summed E-state index contributed by atoms with van der Waals surface area (Å²) in [7, 11) is 0. The van der Waals surface area contributed by atoms with Gasteiger partial charge in [0.05, 0.1) is 11.5 Å². The van der Waals surface area contributed by atoms with Gasteiger partial charge in [-0.25, -0.2) is 0 Å². The summed E-state index contributed by atoms with van der Waals surface area (Å²) in [6.07, 6.45) is 0. The number of nitro benzene ring substituents is 1. The van der Waals surface area contributed by atoms with E-state index < -0.39 is 0 Å². The molecule has 24 heavy (non-hydrogen) atoms. The number of nitrogens with one attached hydrogen (secondary N) is 1. The molecule has 0 radical (unpaired) electrons. The third-order valence-corrected chi connectivity index (χ3v) is 3.85. The minimum absolute atomic E-state index is 0.0365. The first-order chi connectivity index (χ1) is 11.5. The molecule has 6 heteroatoms. The van der Waals surface area contributed by atoms with Gasteiger partial charge in [0.2, 0.25) is 0 Å². The Morgan fingerprint density at radius 3 is 2.75 bits per heavy atom. The van der Waals surface area contributed by atoms with E-state index in [1.807, 2.05) is 37.3 Å². The first-order valence-electron chi connectivity index (χ1n) is 7.82. The Labute approximate surface area is 141 Å². The maximum absolute atomic E-state index is 11.1. The molecule has 0 aliphatic carbocycles. The fourth-order valence-corrected chi connectivity index (χ4v) is 2.42. The molecule has 2 N–H and O–H groups in total. The van der Waals surface area contributed by atoms with Gasteiger partial charge in [-0.05, 0) is 25.5 Å². The molecule has 0 aliphatic heterocycles. The van der Waals surface area contributed by atoms with E-state index in [9.17, 15) is 10.1 Å². The standard InChI is InChI=1S/C18H22N2O4/c1-13-7-8-15(11-17(13)20(22)23)14(2)19-12-16-5-3-4-6-18(16)24-10-9-21/h3-8,11,14,19,21H,9-10,12H2,1-2H3. The summed E-state index contributed by atoms with van der Waals surface area (Å²) in [5.74, 6) is 0.723. The van der Waals surface area contributed by atoms with Crippen molar-refractivity contribution in [1.29, 1.82) is 0 Å². The highest BCUT2D eigenvalue weighted by Crippen LogP contribution is 2.24. The molecule has 0 bridgehead atoms. The van der Waals surface area contributed by atoms with Crippen molar-refractivity contribution in [3.05, 3.63) is 69.3 Å². The summed E-state index contributed by atoms with van der Waals surface area (Å²) < 4.78 is 5.51. The number of rotatable bonds is 8. The van der Waals surface area contributed by atoms with E-state index in [0.717, 1.165) is 16.9 Å². The highest BCUT2D eigenvalue weighted by atomic mass is 16.6. The Kier molecular flexibility index (Phi) is 6.28. The average molecular weight is 330 g/mol. The predicted molar refractivity (Wildman–Crippen MR) is 92.1 cm³/mol. The van der Waals surface area contributed by atoms with Gasteiger partial charge in [-0.3, -0.25) is 10.1 Å². The van der Waals surface area contributed by atoms with Crippen molar-refractivity contribution < 1.29 is 14.8 Å². The molecule has 2 aromatic carbocycles. The van der Waals surface area contributed by atoms with Crippen LogP contribution in [0.2, 0.25) is 0 Å². The van der Waals surface area contributed by atoms with E-state index in [-0.39, 0.29) is 29.9 Å². The van der Waals surface area contributed by atoms with E-state index >= 15 is 0 Å². The molecule has 0 aromatic heterocycles. The number of aryl methyl sites for hydroxylation is 1. The van der Waals surface area contributed by atoms with Crippen LogP contribution in [0.1, 0.15) is 29.7 Å². The number of aliphatic hydroxyl groups excluding tert-OH is 1. The zero-order chi connectivity index (χ0) is 17.5. The smallest absolute Gasteiger partial charge is 0.272 e. The van der Waals surface area contributed by atoms with Crippen molar-refractivity contribution in [1.82, 2.24) is 5.32 Å². The quantitative estimate of drug-likeness (QED) is 0.574. The van der Waals surface area contributed by atoms with Crippen LogP contribution < -0.4 is 10.1 Å². The molecule has 0 fully saturated rings. The van der Waals surface area contributed by atoms with Crippen molar-refractivity contribution in [2.75, 3.05) is 13.2 Å². The Balaban J connectivity index is 2.07.